The third-order valence-electron chi connectivity index (χ3n) is 4.20. The standard InChI is InChI=1S/C21H30O/c1-16(9-7-10-17(2)15-19(4)22)12-13-20-18(3)11-8-14-21(20,5)6/h7,9-10,12-13,15H,8,11,14H2,1-6H3/b10-7-,13-12+,16-9+,17-15-. The molecule has 0 fully saturated rings. The first-order valence-electron chi connectivity index (χ1n) is 8.14. The zero-order valence-electron chi connectivity index (χ0n) is 15.0. The Kier molecular flexibility index (Phi) is 6.80. The second kappa shape index (κ2) is 8.12. The molecule has 1 aliphatic carbocycles. The lowest BCUT2D eigenvalue weighted by molar-refractivity contribution is -0.112. The second-order valence-electron chi connectivity index (χ2n) is 7.03. The van der Waals surface area contributed by atoms with E-state index in [1.54, 1.807) is 13.0 Å². The molecule has 0 aromatic carbocycles. The Morgan fingerprint density at radius 2 is 1.77 bits per heavy atom. The van der Waals surface area contributed by atoms with Crippen LogP contribution in [0.3, 0.4) is 0 Å². The lowest BCUT2D eigenvalue weighted by atomic mass is 9.72. The summed E-state index contributed by atoms with van der Waals surface area (Å²) in [7, 11) is 0. The summed E-state index contributed by atoms with van der Waals surface area (Å²) < 4.78 is 0. The van der Waals surface area contributed by atoms with Crippen LogP contribution in [-0.4, -0.2) is 5.78 Å². The van der Waals surface area contributed by atoms with E-state index in [2.05, 4.69) is 45.9 Å². The van der Waals surface area contributed by atoms with E-state index in [-0.39, 0.29) is 11.2 Å². The van der Waals surface area contributed by atoms with Crippen LogP contribution in [0.4, 0.5) is 0 Å². The zero-order valence-corrected chi connectivity index (χ0v) is 15.0. The van der Waals surface area contributed by atoms with Gasteiger partial charge in [0.05, 0.1) is 0 Å². The lowest BCUT2D eigenvalue weighted by Gasteiger charge is -2.32. The van der Waals surface area contributed by atoms with Crippen LogP contribution in [0.1, 0.15) is 60.8 Å². The van der Waals surface area contributed by atoms with Gasteiger partial charge in [-0.3, -0.25) is 4.79 Å². The minimum absolute atomic E-state index is 0.0877. The number of carbonyl (C=O) groups is 1. The van der Waals surface area contributed by atoms with E-state index in [0.29, 0.717) is 0 Å². The molecular formula is C21H30O. The summed E-state index contributed by atoms with van der Waals surface area (Å²) >= 11 is 0. The summed E-state index contributed by atoms with van der Waals surface area (Å²) in [6.07, 6.45) is 16.0. The van der Waals surface area contributed by atoms with Crippen LogP contribution >= 0.6 is 0 Å². The minimum Gasteiger partial charge on any atom is -0.295 e. The first kappa shape index (κ1) is 18.4. The molecule has 0 N–H and O–H groups in total. The van der Waals surface area contributed by atoms with Crippen molar-refractivity contribution in [1.29, 1.82) is 0 Å². The summed E-state index contributed by atoms with van der Waals surface area (Å²) in [6, 6.07) is 0. The van der Waals surface area contributed by atoms with Crippen molar-refractivity contribution in [3.8, 4) is 0 Å². The molecule has 0 saturated heterocycles. The normalized spacial score (nSPS) is 20.3. The molecule has 22 heavy (non-hydrogen) atoms. The number of hydrogen-bond donors (Lipinski definition) is 0. The van der Waals surface area contributed by atoms with Gasteiger partial charge >= 0.3 is 0 Å². The first-order chi connectivity index (χ1) is 10.2. The largest absolute Gasteiger partial charge is 0.295 e. The second-order valence-corrected chi connectivity index (χ2v) is 7.03. The van der Waals surface area contributed by atoms with Crippen molar-refractivity contribution in [2.75, 3.05) is 0 Å². The molecule has 0 aromatic heterocycles. The Balaban J connectivity index is 2.79. The number of rotatable bonds is 5. The molecule has 0 spiro atoms. The highest BCUT2D eigenvalue weighted by molar-refractivity contribution is 5.88. The topological polar surface area (TPSA) is 17.1 Å². The smallest absolute Gasteiger partial charge is 0.152 e. The Bertz CT molecular complexity index is 563. The summed E-state index contributed by atoms with van der Waals surface area (Å²) in [4.78, 5) is 11.0. The first-order valence-corrected chi connectivity index (χ1v) is 8.14. The van der Waals surface area contributed by atoms with Gasteiger partial charge in [-0.05, 0) is 69.6 Å². The molecule has 0 aliphatic heterocycles. The van der Waals surface area contributed by atoms with Crippen LogP contribution in [0.2, 0.25) is 0 Å². The molecule has 0 atom stereocenters. The molecule has 1 rings (SSSR count). The average Bonchev–Trinajstić information content (AvgIpc) is 2.36. The highest BCUT2D eigenvalue weighted by Gasteiger charge is 2.26. The quantitative estimate of drug-likeness (QED) is 0.442. The van der Waals surface area contributed by atoms with Crippen molar-refractivity contribution in [2.45, 2.75) is 60.8 Å². The molecule has 0 radical (unpaired) electrons. The molecule has 1 nitrogen and oxygen atoms in total. The predicted molar refractivity (Wildman–Crippen MR) is 96.8 cm³/mol. The van der Waals surface area contributed by atoms with Gasteiger partial charge in [-0.2, -0.15) is 0 Å². The van der Waals surface area contributed by atoms with E-state index in [4.69, 9.17) is 0 Å². The molecular weight excluding hydrogens is 268 g/mol. The number of ketones is 1. The zero-order chi connectivity index (χ0) is 16.8. The maximum absolute atomic E-state index is 11.0. The van der Waals surface area contributed by atoms with Crippen molar-refractivity contribution in [1.82, 2.24) is 0 Å². The average molecular weight is 298 g/mol. The van der Waals surface area contributed by atoms with Crippen molar-refractivity contribution in [3.05, 3.63) is 58.7 Å². The molecule has 1 aliphatic rings. The SMILES string of the molecule is CC(=O)\C=C(C)/C=C\C=C(C)\C=C\C1=C(C)CCCC1(C)C. The van der Waals surface area contributed by atoms with Crippen LogP contribution in [0.15, 0.2) is 58.7 Å². The van der Waals surface area contributed by atoms with E-state index >= 15 is 0 Å². The van der Waals surface area contributed by atoms with Crippen molar-refractivity contribution < 1.29 is 4.79 Å². The van der Waals surface area contributed by atoms with Crippen molar-refractivity contribution in [3.63, 3.8) is 0 Å². The highest BCUT2D eigenvalue weighted by atomic mass is 16.1. The highest BCUT2D eigenvalue weighted by Crippen LogP contribution is 2.40. The summed E-state index contributed by atoms with van der Waals surface area (Å²) in [5.74, 6) is 0.0877. The van der Waals surface area contributed by atoms with Gasteiger partial charge in [-0.25, -0.2) is 0 Å². The molecule has 0 heterocycles. The van der Waals surface area contributed by atoms with E-state index < -0.39 is 0 Å². The summed E-state index contributed by atoms with van der Waals surface area (Å²) in [5, 5.41) is 0. The van der Waals surface area contributed by atoms with E-state index in [1.807, 2.05) is 19.1 Å². The van der Waals surface area contributed by atoms with Gasteiger partial charge < -0.3 is 0 Å². The van der Waals surface area contributed by atoms with Crippen LogP contribution in [0.25, 0.3) is 0 Å². The third kappa shape index (κ3) is 6.01. The molecule has 0 aromatic rings. The Morgan fingerprint density at radius 3 is 2.36 bits per heavy atom. The van der Waals surface area contributed by atoms with Crippen LogP contribution in [-0.2, 0) is 4.79 Å². The Labute approximate surface area is 136 Å². The van der Waals surface area contributed by atoms with Gasteiger partial charge in [0.25, 0.3) is 0 Å². The molecule has 0 saturated carbocycles. The molecule has 1 heteroatoms. The minimum atomic E-state index is 0.0877. The van der Waals surface area contributed by atoms with E-state index in [1.165, 1.54) is 36.0 Å². The van der Waals surface area contributed by atoms with Crippen molar-refractivity contribution in [2.24, 2.45) is 5.41 Å². The summed E-state index contributed by atoms with van der Waals surface area (Å²) in [5.41, 5.74) is 5.50. The fraction of sp³-hybridized carbons (Fsp3) is 0.476. The fourth-order valence-corrected chi connectivity index (χ4v) is 3.00. The van der Waals surface area contributed by atoms with Crippen molar-refractivity contribution >= 4 is 5.78 Å². The van der Waals surface area contributed by atoms with Gasteiger partial charge in [-0.1, -0.05) is 55.4 Å². The van der Waals surface area contributed by atoms with Crippen LogP contribution < -0.4 is 0 Å². The number of carbonyl (C=O) groups excluding carboxylic acids is 1. The van der Waals surface area contributed by atoms with E-state index in [0.717, 1.165) is 5.57 Å². The molecule has 0 bridgehead atoms. The third-order valence-corrected chi connectivity index (χ3v) is 4.20. The molecule has 0 amide bonds. The molecule has 0 unspecified atom stereocenters. The number of hydrogen-bond acceptors (Lipinski definition) is 1. The predicted octanol–water partition coefficient (Wildman–Crippen LogP) is 6.11. The van der Waals surface area contributed by atoms with Gasteiger partial charge in [0, 0.05) is 0 Å². The lowest BCUT2D eigenvalue weighted by Crippen LogP contribution is -2.19. The Morgan fingerprint density at radius 1 is 1.09 bits per heavy atom. The van der Waals surface area contributed by atoms with Crippen LogP contribution in [0, 0.1) is 5.41 Å². The number of allylic oxidation sites excluding steroid dienone is 10. The van der Waals surface area contributed by atoms with Gasteiger partial charge in [-0.15, -0.1) is 0 Å². The van der Waals surface area contributed by atoms with Crippen LogP contribution in [0.5, 0.6) is 0 Å². The van der Waals surface area contributed by atoms with Gasteiger partial charge in [0.1, 0.15) is 0 Å². The van der Waals surface area contributed by atoms with Gasteiger partial charge in [0.2, 0.25) is 0 Å². The maximum atomic E-state index is 11.0. The van der Waals surface area contributed by atoms with E-state index in [9.17, 15) is 4.79 Å². The molecule has 120 valence electrons. The maximum Gasteiger partial charge on any atom is 0.152 e. The fourth-order valence-electron chi connectivity index (χ4n) is 3.00. The summed E-state index contributed by atoms with van der Waals surface area (Å²) in [6.45, 7) is 12.6. The Hall–Kier alpha value is -1.63. The van der Waals surface area contributed by atoms with Gasteiger partial charge in [0.15, 0.2) is 5.78 Å². The monoisotopic (exact) mass is 298 g/mol.